The highest BCUT2D eigenvalue weighted by Gasteiger charge is 2.40. The van der Waals surface area contributed by atoms with Gasteiger partial charge >= 0.3 is 6.18 Å². The first-order valence-corrected chi connectivity index (χ1v) is 8.51. The maximum atomic E-state index is 13.6. The van der Waals surface area contributed by atoms with Crippen LogP contribution in [0.2, 0.25) is 0 Å². The highest BCUT2D eigenvalue weighted by Crippen LogP contribution is 2.40. The molecule has 154 valence electrons. The Morgan fingerprint density at radius 2 is 1.77 bits per heavy atom. The maximum Gasteiger partial charge on any atom is 0.450 e. The maximum absolute atomic E-state index is 13.6. The Balaban J connectivity index is 1.87. The molecule has 6 nitrogen and oxygen atoms in total. The van der Waals surface area contributed by atoms with Crippen molar-refractivity contribution in [3.63, 3.8) is 0 Å². The molecule has 0 atom stereocenters. The Kier molecular flexibility index (Phi) is 4.49. The van der Waals surface area contributed by atoms with Crippen LogP contribution in [0, 0.1) is 5.82 Å². The average Bonchev–Trinajstić information content (AvgIpc) is 3.14. The summed E-state index contributed by atoms with van der Waals surface area (Å²) in [5, 5.41) is 23.0. The zero-order valence-corrected chi connectivity index (χ0v) is 14.9. The summed E-state index contributed by atoms with van der Waals surface area (Å²) >= 11 is 0. The number of hydrogen-bond acceptors (Lipinski definition) is 5. The van der Waals surface area contributed by atoms with Gasteiger partial charge in [-0.15, -0.1) is 0 Å². The van der Waals surface area contributed by atoms with Gasteiger partial charge in [0.25, 0.3) is 0 Å². The summed E-state index contributed by atoms with van der Waals surface area (Å²) in [6.45, 7) is 0.134. The van der Waals surface area contributed by atoms with Crippen molar-refractivity contribution in [2.24, 2.45) is 0 Å². The average molecular weight is 420 g/mol. The Bertz CT molecular complexity index is 1310. The van der Waals surface area contributed by atoms with E-state index in [1.165, 1.54) is 35.1 Å². The largest absolute Gasteiger partial charge is 0.504 e. The van der Waals surface area contributed by atoms with Crippen molar-refractivity contribution in [1.82, 2.24) is 9.78 Å². The first kappa shape index (κ1) is 19.5. The van der Waals surface area contributed by atoms with E-state index in [9.17, 15) is 32.6 Å². The van der Waals surface area contributed by atoms with Gasteiger partial charge in [-0.2, -0.15) is 18.3 Å². The molecule has 4 aromatic rings. The minimum Gasteiger partial charge on any atom is -0.504 e. The van der Waals surface area contributed by atoms with E-state index < -0.39 is 45.8 Å². The van der Waals surface area contributed by atoms with Gasteiger partial charge in [-0.1, -0.05) is 12.1 Å². The molecule has 10 heteroatoms. The van der Waals surface area contributed by atoms with E-state index >= 15 is 0 Å². The fourth-order valence-electron chi connectivity index (χ4n) is 3.05. The van der Waals surface area contributed by atoms with Crippen LogP contribution in [0.1, 0.15) is 11.3 Å². The number of aromatic nitrogens is 2. The topological polar surface area (TPSA) is 88.5 Å². The molecular formula is C20H12F4N2O4. The summed E-state index contributed by atoms with van der Waals surface area (Å²) in [6, 6.07) is 7.50. The molecule has 0 amide bonds. The first-order valence-electron chi connectivity index (χ1n) is 8.51. The molecule has 0 bridgehead atoms. The molecular weight excluding hydrogens is 408 g/mol. The number of phenols is 2. The van der Waals surface area contributed by atoms with Crippen molar-refractivity contribution in [3.05, 3.63) is 76.2 Å². The van der Waals surface area contributed by atoms with Crippen LogP contribution in [0.5, 0.6) is 11.5 Å². The Labute approximate surface area is 165 Å². The zero-order valence-electron chi connectivity index (χ0n) is 14.9. The van der Waals surface area contributed by atoms with Gasteiger partial charge in [0.05, 0.1) is 23.7 Å². The van der Waals surface area contributed by atoms with E-state index in [0.717, 1.165) is 18.3 Å². The number of nitrogens with zero attached hydrogens (tertiary/aromatic N) is 2. The summed E-state index contributed by atoms with van der Waals surface area (Å²) in [5.74, 6) is -3.74. The van der Waals surface area contributed by atoms with E-state index in [2.05, 4.69) is 5.10 Å². The second kappa shape index (κ2) is 6.90. The Hall–Kier alpha value is -3.82. The quantitative estimate of drug-likeness (QED) is 0.382. The van der Waals surface area contributed by atoms with E-state index in [4.69, 9.17) is 4.42 Å². The molecule has 0 radical (unpaired) electrons. The van der Waals surface area contributed by atoms with Crippen LogP contribution in [-0.4, -0.2) is 20.0 Å². The standard InChI is InChI=1S/C20H12F4N2O4/c21-12-3-1-10(2-4-12)8-26-9-11(7-25-26)15-16(28)13-5-6-14(27)17(29)18(13)30-19(15)20(22,23)24/h1-7,9,27,29H,8H2. The minimum atomic E-state index is -5.06. The van der Waals surface area contributed by atoms with Crippen molar-refractivity contribution in [3.8, 4) is 22.6 Å². The minimum absolute atomic E-state index is 0.134. The molecule has 0 unspecified atom stereocenters. The normalized spacial score (nSPS) is 11.9. The van der Waals surface area contributed by atoms with Crippen molar-refractivity contribution < 1.29 is 32.2 Å². The fraction of sp³-hybridized carbons (Fsp3) is 0.100. The molecule has 2 heterocycles. The number of halogens is 4. The summed E-state index contributed by atoms with van der Waals surface area (Å²) in [7, 11) is 0. The molecule has 2 N–H and O–H groups in total. The molecule has 0 saturated heterocycles. The Morgan fingerprint density at radius 3 is 2.43 bits per heavy atom. The van der Waals surface area contributed by atoms with E-state index in [1.54, 1.807) is 0 Å². The van der Waals surface area contributed by atoms with Crippen LogP contribution in [0.4, 0.5) is 17.6 Å². The molecule has 2 aromatic heterocycles. The van der Waals surface area contributed by atoms with Gasteiger partial charge in [-0.05, 0) is 29.8 Å². The van der Waals surface area contributed by atoms with Crippen LogP contribution >= 0.6 is 0 Å². The van der Waals surface area contributed by atoms with Crippen molar-refractivity contribution >= 4 is 11.0 Å². The number of benzene rings is 2. The van der Waals surface area contributed by atoms with E-state index in [-0.39, 0.29) is 17.5 Å². The number of aromatic hydroxyl groups is 2. The van der Waals surface area contributed by atoms with Crippen LogP contribution in [0.25, 0.3) is 22.1 Å². The van der Waals surface area contributed by atoms with Gasteiger partial charge in [0, 0.05) is 11.8 Å². The second-order valence-electron chi connectivity index (χ2n) is 6.50. The van der Waals surface area contributed by atoms with Gasteiger partial charge in [-0.25, -0.2) is 4.39 Å². The molecule has 0 spiro atoms. The third-order valence-corrected chi connectivity index (χ3v) is 4.45. The van der Waals surface area contributed by atoms with Gasteiger partial charge in [0.15, 0.2) is 11.3 Å². The molecule has 0 fully saturated rings. The number of phenolic OH excluding ortho intramolecular Hbond substituents is 2. The van der Waals surface area contributed by atoms with Crippen LogP contribution < -0.4 is 5.43 Å². The predicted octanol–water partition coefficient (Wildman–Crippen LogP) is 4.27. The van der Waals surface area contributed by atoms with Crippen molar-refractivity contribution in [1.29, 1.82) is 0 Å². The highest BCUT2D eigenvalue weighted by molar-refractivity contribution is 5.88. The number of hydrogen-bond donors (Lipinski definition) is 2. The highest BCUT2D eigenvalue weighted by atomic mass is 19.4. The number of alkyl halides is 3. The third kappa shape index (κ3) is 3.36. The second-order valence-corrected chi connectivity index (χ2v) is 6.50. The summed E-state index contributed by atoms with van der Waals surface area (Å²) in [4.78, 5) is 12.8. The first-order chi connectivity index (χ1) is 14.1. The summed E-state index contributed by atoms with van der Waals surface area (Å²) in [5.41, 5.74) is -2.08. The van der Waals surface area contributed by atoms with E-state index in [1.807, 2.05) is 0 Å². The third-order valence-electron chi connectivity index (χ3n) is 4.45. The fourth-order valence-corrected chi connectivity index (χ4v) is 3.05. The van der Waals surface area contributed by atoms with Crippen molar-refractivity contribution in [2.45, 2.75) is 12.7 Å². The molecule has 30 heavy (non-hydrogen) atoms. The van der Waals surface area contributed by atoms with Crippen LogP contribution in [0.3, 0.4) is 0 Å². The number of fused-ring (bicyclic) bond motifs is 1. The lowest BCUT2D eigenvalue weighted by atomic mass is 10.0. The lowest BCUT2D eigenvalue weighted by molar-refractivity contribution is -0.152. The molecule has 0 aliphatic carbocycles. The van der Waals surface area contributed by atoms with Gasteiger partial charge in [0.2, 0.25) is 16.9 Å². The lowest BCUT2D eigenvalue weighted by Gasteiger charge is -2.12. The summed E-state index contributed by atoms with van der Waals surface area (Å²) in [6.07, 6.45) is -2.74. The number of rotatable bonds is 3. The Morgan fingerprint density at radius 1 is 1.07 bits per heavy atom. The van der Waals surface area contributed by atoms with Crippen molar-refractivity contribution in [2.75, 3.05) is 0 Å². The predicted molar refractivity (Wildman–Crippen MR) is 97.5 cm³/mol. The SMILES string of the molecule is O=c1c(-c2cnn(Cc3ccc(F)cc3)c2)c(C(F)(F)F)oc2c(O)c(O)ccc12. The molecule has 4 rings (SSSR count). The molecule has 2 aromatic carbocycles. The van der Waals surface area contributed by atoms with Crippen LogP contribution in [0.15, 0.2) is 58.0 Å². The van der Waals surface area contributed by atoms with Gasteiger partial charge in [0.1, 0.15) is 5.82 Å². The van der Waals surface area contributed by atoms with Crippen LogP contribution in [-0.2, 0) is 12.7 Å². The molecule has 0 aliphatic rings. The summed E-state index contributed by atoms with van der Waals surface area (Å²) < 4.78 is 60.0. The van der Waals surface area contributed by atoms with E-state index in [0.29, 0.717) is 5.56 Å². The monoisotopic (exact) mass is 420 g/mol. The lowest BCUT2D eigenvalue weighted by Crippen LogP contribution is -2.16. The van der Waals surface area contributed by atoms with Gasteiger partial charge < -0.3 is 14.6 Å². The zero-order chi connectivity index (χ0) is 21.6. The van der Waals surface area contributed by atoms with Gasteiger partial charge in [-0.3, -0.25) is 9.48 Å². The molecule has 0 saturated carbocycles. The smallest absolute Gasteiger partial charge is 0.450 e. The molecule has 0 aliphatic heterocycles.